The summed E-state index contributed by atoms with van der Waals surface area (Å²) in [6, 6.07) is 12.1. The monoisotopic (exact) mass is 404 g/mol. The van der Waals surface area contributed by atoms with Crippen LogP contribution >= 0.6 is 9.24 Å². The van der Waals surface area contributed by atoms with Gasteiger partial charge in [-0.3, -0.25) is 4.99 Å². The Bertz CT molecular complexity index is 1090. The molecule has 0 radical (unpaired) electrons. The Morgan fingerprint density at radius 3 is 2.86 bits per heavy atom. The van der Waals surface area contributed by atoms with Crippen molar-refractivity contribution in [1.29, 1.82) is 5.26 Å². The van der Waals surface area contributed by atoms with Gasteiger partial charge < -0.3 is 14.6 Å². The van der Waals surface area contributed by atoms with Crippen molar-refractivity contribution in [1.82, 2.24) is 15.0 Å². The van der Waals surface area contributed by atoms with E-state index < -0.39 is 0 Å². The highest BCUT2D eigenvalue weighted by Gasteiger charge is 2.35. The van der Waals surface area contributed by atoms with Crippen LogP contribution in [0.3, 0.4) is 0 Å². The molecule has 0 bridgehead atoms. The van der Waals surface area contributed by atoms with Crippen molar-refractivity contribution in [3.63, 3.8) is 0 Å². The highest BCUT2D eigenvalue weighted by Crippen LogP contribution is 2.36. The van der Waals surface area contributed by atoms with Crippen molar-refractivity contribution in [3.05, 3.63) is 48.4 Å². The number of H-pyrrole nitrogens is 1. The van der Waals surface area contributed by atoms with E-state index >= 15 is 0 Å². The molecule has 0 amide bonds. The first-order chi connectivity index (χ1) is 14.2. The fraction of sp³-hybridized carbons (Fsp3) is 0.333. The third-order valence-corrected chi connectivity index (χ3v) is 6.23. The summed E-state index contributed by atoms with van der Waals surface area (Å²) < 4.78 is 6.16. The van der Waals surface area contributed by atoms with E-state index in [1.807, 2.05) is 24.3 Å². The van der Waals surface area contributed by atoms with Crippen LogP contribution in [-0.4, -0.2) is 45.6 Å². The van der Waals surface area contributed by atoms with E-state index in [2.05, 4.69) is 35.2 Å². The molecule has 0 spiro atoms. The van der Waals surface area contributed by atoms with Gasteiger partial charge in [-0.2, -0.15) is 5.26 Å². The third kappa shape index (κ3) is 3.56. The van der Waals surface area contributed by atoms with E-state index in [1.165, 1.54) is 0 Å². The van der Waals surface area contributed by atoms with Crippen molar-refractivity contribution in [2.45, 2.75) is 25.0 Å². The second kappa shape index (κ2) is 7.46. The highest BCUT2D eigenvalue weighted by atomic mass is 31.0. The summed E-state index contributed by atoms with van der Waals surface area (Å²) in [5, 5.41) is 8.86. The summed E-state index contributed by atoms with van der Waals surface area (Å²) in [5.41, 5.74) is 3.61. The van der Waals surface area contributed by atoms with Crippen molar-refractivity contribution in [2.24, 2.45) is 10.9 Å². The van der Waals surface area contributed by atoms with Gasteiger partial charge >= 0.3 is 0 Å². The van der Waals surface area contributed by atoms with Gasteiger partial charge in [-0.1, -0.05) is 15.3 Å². The first-order valence-electron chi connectivity index (χ1n) is 9.72. The quantitative estimate of drug-likeness (QED) is 0.521. The van der Waals surface area contributed by atoms with E-state index in [-0.39, 0.29) is 6.10 Å². The number of imidazole rings is 1. The summed E-state index contributed by atoms with van der Waals surface area (Å²) in [7, 11) is 2.82. The van der Waals surface area contributed by atoms with Crippen LogP contribution in [0.2, 0.25) is 0 Å². The van der Waals surface area contributed by atoms with Crippen LogP contribution in [0, 0.1) is 17.2 Å². The average Bonchev–Trinajstić information content (AvgIpc) is 3.16. The predicted octanol–water partition coefficient (Wildman–Crippen LogP) is 3.15. The highest BCUT2D eigenvalue weighted by molar-refractivity contribution is 7.40. The summed E-state index contributed by atoms with van der Waals surface area (Å²) in [6.07, 6.45) is 5.50. The third-order valence-electron chi connectivity index (χ3n) is 5.61. The number of ether oxygens (including phenoxy) is 1. The Morgan fingerprint density at radius 2 is 2.10 bits per heavy atom. The van der Waals surface area contributed by atoms with E-state index in [9.17, 15) is 0 Å². The zero-order valence-corrected chi connectivity index (χ0v) is 17.0. The van der Waals surface area contributed by atoms with Crippen molar-refractivity contribution >= 4 is 31.5 Å². The Labute approximate surface area is 171 Å². The van der Waals surface area contributed by atoms with Gasteiger partial charge in [0.05, 0.1) is 23.4 Å². The van der Waals surface area contributed by atoms with E-state index in [0.717, 1.165) is 54.0 Å². The van der Waals surface area contributed by atoms with Crippen LogP contribution in [-0.2, 0) is 0 Å². The lowest BCUT2D eigenvalue weighted by molar-refractivity contribution is 0.0964. The molecule has 3 heterocycles. The summed E-state index contributed by atoms with van der Waals surface area (Å²) in [4.78, 5) is 18.9. The van der Waals surface area contributed by atoms with E-state index in [4.69, 9.17) is 15.0 Å². The number of pyridine rings is 1. The van der Waals surface area contributed by atoms with Crippen LogP contribution in [0.25, 0.3) is 11.0 Å². The number of aromatic amines is 1. The normalized spacial score (nSPS) is 22.1. The lowest BCUT2D eigenvalue weighted by atomic mass is 9.83. The predicted molar refractivity (Wildman–Crippen MR) is 115 cm³/mol. The minimum atomic E-state index is 0.216. The van der Waals surface area contributed by atoms with Gasteiger partial charge in [-0.15, -0.1) is 0 Å². The molecule has 2 aliphatic rings. The molecule has 1 unspecified atom stereocenters. The molecule has 29 heavy (non-hydrogen) atoms. The maximum atomic E-state index is 8.86. The number of fused-ring (bicyclic) bond motifs is 1. The number of hydrogen-bond donors (Lipinski definition) is 1. The largest absolute Gasteiger partial charge is 0.488 e. The fourth-order valence-electron chi connectivity index (χ4n) is 3.80. The molecule has 1 aliphatic heterocycles. The lowest BCUT2D eigenvalue weighted by Crippen LogP contribution is -2.51. The van der Waals surface area contributed by atoms with Crippen LogP contribution in [0.15, 0.2) is 47.8 Å². The molecule has 2 fully saturated rings. The molecule has 1 aromatic carbocycles. The molecule has 1 aliphatic carbocycles. The number of anilines is 1. The Kier molecular flexibility index (Phi) is 4.65. The van der Waals surface area contributed by atoms with Gasteiger partial charge in [0, 0.05) is 30.7 Å². The van der Waals surface area contributed by atoms with Crippen LogP contribution in [0.4, 0.5) is 5.82 Å². The summed E-state index contributed by atoms with van der Waals surface area (Å²) in [6.45, 7) is 1.73. The topological polar surface area (TPSA) is 90.2 Å². The van der Waals surface area contributed by atoms with Crippen molar-refractivity contribution < 1.29 is 4.74 Å². The molecule has 146 valence electrons. The van der Waals surface area contributed by atoms with Crippen LogP contribution < -0.4 is 9.64 Å². The number of nitriles is 1. The van der Waals surface area contributed by atoms with Gasteiger partial charge in [0.25, 0.3) is 0 Å². The number of nitrogens with zero attached hydrogens (tertiary/aromatic N) is 5. The number of hydrogen-bond acceptors (Lipinski definition) is 6. The number of nitrogens with one attached hydrogen (secondary N) is 1. The SMILES string of the molecule is N#Cc1ccc(N2CC(N=C(P)C3CC(Oc4cccc5[nH]cnc45)C3)C2)nc1. The van der Waals surface area contributed by atoms with Crippen LogP contribution in [0.5, 0.6) is 5.75 Å². The van der Waals surface area contributed by atoms with Gasteiger partial charge in [-0.05, 0) is 37.1 Å². The smallest absolute Gasteiger partial charge is 0.147 e. The van der Waals surface area contributed by atoms with Gasteiger partial charge in [0.1, 0.15) is 29.3 Å². The van der Waals surface area contributed by atoms with Crippen LogP contribution in [0.1, 0.15) is 18.4 Å². The van der Waals surface area contributed by atoms with E-state index in [1.54, 1.807) is 18.6 Å². The summed E-state index contributed by atoms with van der Waals surface area (Å²) in [5.74, 6) is 2.22. The molecule has 1 saturated heterocycles. The molecule has 2 aromatic heterocycles. The standard InChI is InChI=1S/C21H21N6OP/c22-8-13-4-5-19(23-9-13)27-10-15(11-27)26-21(29)14-6-16(7-14)28-18-3-1-2-17-20(18)25-12-24-17/h1-5,9,12,14-16H,6-7,10-11,29H2,(H,24,25). The number of aromatic nitrogens is 3. The lowest BCUT2D eigenvalue weighted by Gasteiger charge is -2.40. The second-order valence-electron chi connectivity index (χ2n) is 7.59. The molecule has 8 heteroatoms. The minimum absolute atomic E-state index is 0.216. The van der Waals surface area contributed by atoms with Gasteiger partial charge in [-0.25, -0.2) is 9.97 Å². The number of rotatable bonds is 5. The zero-order valence-electron chi connectivity index (χ0n) is 15.8. The van der Waals surface area contributed by atoms with Gasteiger partial charge in [0.2, 0.25) is 0 Å². The van der Waals surface area contributed by atoms with E-state index in [0.29, 0.717) is 17.5 Å². The number of aliphatic imine (C=N–C) groups is 1. The molecule has 5 rings (SSSR count). The second-order valence-corrected chi connectivity index (χ2v) is 8.18. The summed E-state index contributed by atoms with van der Waals surface area (Å²) >= 11 is 0. The molecule has 1 saturated carbocycles. The average molecular weight is 404 g/mol. The first kappa shape index (κ1) is 18.1. The zero-order chi connectivity index (χ0) is 19.8. The molecular weight excluding hydrogens is 383 g/mol. The molecule has 1 N–H and O–H groups in total. The maximum absolute atomic E-state index is 8.86. The van der Waals surface area contributed by atoms with Crippen molar-refractivity contribution in [2.75, 3.05) is 18.0 Å². The Morgan fingerprint density at radius 1 is 1.24 bits per heavy atom. The Hall–Kier alpha value is -2.97. The molecule has 3 aromatic rings. The molecule has 7 nitrogen and oxygen atoms in total. The number of para-hydroxylation sites is 1. The van der Waals surface area contributed by atoms with Gasteiger partial charge in [0.15, 0.2) is 0 Å². The molecule has 1 atom stereocenters. The maximum Gasteiger partial charge on any atom is 0.147 e. The Balaban J connectivity index is 1.12. The molecular formula is C21H21N6OP. The first-order valence-corrected chi connectivity index (χ1v) is 10.3. The van der Waals surface area contributed by atoms with Crippen molar-refractivity contribution in [3.8, 4) is 11.8 Å². The fourth-order valence-corrected chi connectivity index (χ4v) is 4.28. The minimum Gasteiger partial charge on any atom is -0.488 e. The number of benzene rings is 1.